The molecule has 5 heterocycles. The van der Waals surface area contributed by atoms with Gasteiger partial charge in [-0.3, -0.25) is 9.69 Å². The van der Waals surface area contributed by atoms with Crippen LogP contribution in [0.2, 0.25) is 0 Å². The molecule has 5 heteroatoms. The molecule has 0 aliphatic carbocycles. The van der Waals surface area contributed by atoms with Gasteiger partial charge in [-0.05, 0) is 68.8 Å². The van der Waals surface area contributed by atoms with E-state index in [-0.39, 0.29) is 17.5 Å². The Hall–Kier alpha value is -1.43. The summed E-state index contributed by atoms with van der Waals surface area (Å²) in [4.78, 5) is 16.4. The van der Waals surface area contributed by atoms with Crippen molar-refractivity contribution in [2.24, 2.45) is 5.92 Å². The Bertz CT molecular complexity index is 847. The van der Waals surface area contributed by atoms with Crippen LogP contribution in [0, 0.1) is 5.92 Å². The largest absolute Gasteiger partial charge is 0.380 e. The summed E-state index contributed by atoms with van der Waals surface area (Å²) in [5.41, 5.74) is 1.38. The van der Waals surface area contributed by atoms with Gasteiger partial charge in [-0.25, -0.2) is 0 Å². The fourth-order valence-corrected chi connectivity index (χ4v) is 5.95. The highest BCUT2D eigenvalue weighted by Gasteiger charge is 2.48. The van der Waals surface area contributed by atoms with Crippen molar-refractivity contribution in [3.8, 4) is 0 Å². The van der Waals surface area contributed by atoms with Crippen LogP contribution in [0.4, 0.5) is 0 Å². The van der Waals surface area contributed by atoms with Gasteiger partial charge in [-0.15, -0.1) is 11.3 Å². The summed E-state index contributed by atoms with van der Waals surface area (Å²) in [5.74, 6) is 1.22. The van der Waals surface area contributed by atoms with Crippen molar-refractivity contribution in [2.75, 3.05) is 26.3 Å². The van der Waals surface area contributed by atoms with Gasteiger partial charge < -0.3 is 10.1 Å². The maximum atomic E-state index is 13.0. The number of amides is 1. The predicted octanol–water partition coefficient (Wildman–Crippen LogP) is 3.62. The molecule has 6 rings (SSSR count). The second-order valence-corrected chi connectivity index (χ2v) is 9.66. The first-order chi connectivity index (χ1) is 12.5. The Morgan fingerprint density at radius 2 is 2.00 bits per heavy atom. The number of nitrogens with zero attached hydrogens (tertiary/aromatic N) is 1. The smallest absolute Gasteiger partial charge is 0.261 e. The van der Waals surface area contributed by atoms with Crippen LogP contribution in [0.25, 0.3) is 10.1 Å². The van der Waals surface area contributed by atoms with Crippen LogP contribution < -0.4 is 5.32 Å². The fraction of sp³-hybridized carbons (Fsp3) is 0.571. The number of ether oxygens (including phenoxy) is 1. The number of rotatable bonds is 3. The van der Waals surface area contributed by atoms with E-state index in [2.05, 4.69) is 42.3 Å². The van der Waals surface area contributed by atoms with E-state index in [4.69, 9.17) is 4.74 Å². The molecule has 2 aromatic rings. The molecule has 1 aromatic carbocycles. The van der Waals surface area contributed by atoms with Crippen molar-refractivity contribution in [1.82, 2.24) is 10.2 Å². The normalized spacial score (nSPS) is 30.3. The summed E-state index contributed by atoms with van der Waals surface area (Å²) >= 11 is 1.61. The Kier molecular flexibility index (Phi) is 3.89. The lowest BCUT2D eigenvalue weighted by Gasteiger charge is -2.56. The maximum absolute atomic E-state index is 13.0. The number of hydrogen-bond acceptors (Lipinski definition) is 4. The summed E-state index contributed by atoms with van der Waals surface area (Å²) in [6.45, 7) is 8.53. The van der Waals surface area contributed by atoms with Crippen LogP contribution in [0.15, 0.2) is 24.3 Å². The summed E-state index contributed by atoms with van der Waals surface area (Å²) < 4.78 is 6.51. The van der Waals surface area contributed by atoms with E-state index >= 15 is 0 Å². The van der Waals surface area contributed by atoms with E-state index < -0.39 is 0 Å². The Morgan fingerprint density at radius 1 is 1.23 bits per heavy atom. The average molecular weight is 371 g/mol. The molecule has 4 nitrogen and oxygen atoms in total. The van der Waals surface area contributed by atoms with Gasteiger partial charge in [0.25, 0.3) is 5.91 Å². The number of fused-ring (bicyclic) bond motifs is 4. The number of benzene rings is 1. The number of thiophene rings is 1. The third kappa shape index (κ3) is 2.60. The average Bonchev–Trinajstić information content (AvgIpc) is 3.00. The monoisotopic (exact) mass is 370 g/mol. The third-order valence-electron chi connectivity index (χ3n) is 6.75. The molecule has 4 aliphatic heterocycles. The lowest BCUT2D eigenvalue weighted by molar-refractivity contribution is -0.0377. The highest BCUT2D eigenvalue weighted by atomic mass is 32.1. The minimum Gasteiger partial charge on any atom is -0.380 e. The van der Waals surface area contributed by atoms with Gasteiger partial charge in [0.15, 0.2) is 0 Å². The van der Waals surface area contributed by atoms with E-state index in [1.165, 1.54) is 36.2 Å². The highest BCUT2D eigenvalue weighted by molar-refractivity contribution is 7.20. The van der Waals surface area contributed by atoms with Crippen molar-refractivity contribution in [2.45, 2.75) is 44.2 Å². The van der Waals surface area contributed by atoms with Crippen LogP contribution >= 0.6 is 11.3 Å². The van der Waals surface area contributed by atoms with Gasteiger partial charge >= 0.3 is 0 Å². The molecule has 0 saturated carbocycles. The molecule has 0 radical (unpaired) electrons. The van der Waals surface area contributed by atoms with Crippen LogP contribution in [0.1, 0.15) is 47.8 Å². The number of hydrogen-bond donors (Lipinski definition) is 1. The first-order valence-corrected chi connectivity index (χ1v) is 10.5. The van der Waals surface area contributed by atoms with Gasteiger partial charge in [0, 0.05) is 22.2 Å². The van der Waals surface area contributed by atoms with E-state index in [0.717, 1.165) is 23.5 Å². The Morgan fingerprint density at radius 3 is 2.65 bits per heavy atom. The number of carbonyl (C=O) groups is 1. The SMILES string of the molecule is CC1(C)C(NC(=O)c2cc3ccc(C4COC4)cc3s2)C2CCN1CC2. The molecule has 2 bridgehead atoms. The molecular formula is C21H26N2O2S. The quantitative estimate of drug-likeness (QED) is 0.897. The molecule has 0 spiro atoms. The Balaban J connectivity index is 1.38. The van der Waals surface area contributed by atoms with Gasteiger partial charge in [-0.2, -0.15) is 0 Å². The molecule has 1 N–H and O–H groups in total. The van der Waals surface area contributed by atoms with Gasteiger partial charge in [0.05, 0.1) is 18.1 Å². The molecule has 1 atom stereocenters. The standard InChI is InChI=1S/C21H26N2O2S/c1-21(2)19(13-5-7-23(21)8-6-13)22-20(24)18-10-15-4-3-14(9-17(15)26-18)16-11-25-12-16/h3-4,9-10,13,16,19H,5-8,11-12H2,1-2H3,(H,22,24). The maximum Gasteiger partial charge on any atom is 0.261 e. The minimum absolute atomic E-state index is 0.0465. The van der Waals surface area contributed by atoms with Crippen LogP contribution in [0.3, 0.4) is 0 Å². The minimum atomic E-state index is 0.0465. The van der Waals surface area contributed by atoms with Crippen LogP contribution in [-0.4, -0.2) is 48.7 Å². The zero-order chi connectivity index (χ0) is 17.9. The van der Waals surface area contributed by atoms with E-state index in [0.29, 0.717) is 11.8 Å². The molecular weight excluding hydrogens is 344 g/mol. The van der Waals surface area contributed by atoms with Crippen molar-refractivity contribution >= 4 is 27.3 Å². The molecule has 4 saturated heterocycles. The zero-order valence-corrected chi connectivity index (χ0v) is 16.3. The zero-order valence-electron chi connectivity index (χ0n) is 15.5. The second-order valence-electron chi connectivity index (χ2n) is 8.57. The highest BCUT2D eigenvalue weighted by Crippen LogP contribution is 2.39. The van der Waals surface area contributed by atoms with Gasteiger partial charge in [0.2, 0.25) is 0 Å². The van der Waals surface area contributed by atoms with Gasteiger partial charge in [0.1, 0.15) is 0 Å². The molecule has 4 fully saturated rings. The lowest BCUT2D eigenvalue weighted by Crippen LogP contribution is -2.69. The molecule has 1 amide bonds. The fourth-order valence-electron chi connectivity index (χ4n) is 4.93. The first-order valence-electron chi connectivity index (χ1n) is 9.69. The molecule has 138 valence electrons. The van der Waals surface area contributed by atoms with Gasteiger partial charge in [-0.1, -0.05) is 12.1 Å². The number of piperidine rings is 3. The predicted molar refractivity (Wildman–Crippen MR) is 105 cm³/mol. The Labute approximate surface area is 158 Å². The second kappa shape index (κ2) is 6.04. The third-order valence-corrected chi connectivity index (χ3v) is 7.85. The van der Waals surface area contributed by atoms with Crippen molar-refractivity contribution in [3.05, 3.63) is 34.7 Å². The van der Waals surface area contributed by atoms with Crippen molar-refractivity contribution < 1.29 is 9.53 Å². The summed E-state index contributed by atoms with van der Waals surface area (Å²) in [6, 6.07) is 8.85. The molecule has 1 unspecified atom stereocenters. The first kappa shape index (κ1) is 16.7. The number of nitrogens with one attached hydrogen (secondary N) is 1. The van der Waals surface area contributed by atoms with E-state index in [1.54, 1.807) is 11.3 Å². The van der Waals surface area contributed by atoms with Crippen molar-refractivity contribution in [3.63, 3.8) is 0 Å². The summed E-state index contributed by atoms with van der Waals surface area (Å²) in [7, 11) is 0. The lowest BCUT2D eigenvalue weighted by atomic mass is 9.72. The molecule has 1 aromatic heterocycles. The summed E-state index contributed by atoms with van der Waals surface area (Å²) in [5, 5.41) is 4.55. The molecule has 4 aliphatic rings. The van der Waals surface area contributed by atoms with E-state index in [9.17, 15) is 4.79 Å². The van der Waals surface area contributed by atoms with E-state index in [1.807, 2.05) is 6.07 Å². The summed E-state index contributed by atoms with van der Waals surface area (Å²) in [6.07, 6.45) is 2.40. The molecule has 26 heavy (non-hydrogen) atoms. The number of carbonyl (C=O) groups excluding carboxylic acids is 1. The van der Waals surface area contributed by atoms with Crippen LogP contribution in [-0.2, 0) is 4.74 Å². The van der Waals surface area contributed by atoms with Crippen LogP contribution in [0.5, 0.6) is 0 Å². The van der Waals surface area contributed by atoms with Crippen molar-refractivity contribution in [1.29, 1.82) is 0 Å². The topological polar surface area (TPSA) is 41.6 Å².